The fourth-order valence-corrected chi connectivity index (χ4v) is 4.68. The lowest BCUT2D eigenvalue weighted by molar-refractivity contribution is -0.672. The monoisotopic (exact) mass is 528 g/mol. The highest BCUT2D eigenvalue weighted by atomic mass is 32.1. The summed E-state index contributed by atoms with van der Waals surface area (Å²) in [4.78, 5) is 17.7. The molecular weight excluding hydrogens is 517 g/mol. The number of thiophene rings is 1. The Bertz CT molecular complexity index is 1700. The average Bonchev–Trinajstić information content (AvgIpc) is 3.57. The Labute approximate surface area is 207 Å². The first-order valence-electron chi connectivity index (χ1n) is 10.0. The molecule has 0 aliphatic heterocycles. The third-order valence-electron chi connectivity index (χ3n) is 5.13. The maximum Gasteiger partial charge on any atom is 0.573 e. The Balaban J connectivity index is 1.63. The van der Waals surface area contributed by atoms with Gasteiger partial charge in [0, 0.05) is 17.5 Å². The van der Waals surface area contributed by atoms with Gasteiger partial charge in [-0.2, -0.15) is 5.26 Å². The number of ether oxygens (including phenoxy) is 1. The number of benzene rings is 1. The summed E-state index contributed by atoms with van der Waals surface area (Å²) in [5, 5.41) is 25.8. The molecule has 11 nitrogen and oxygen atoms in total. The van der Waals surface area contributed by atoms with E-state index in [4.69, 9.17) is 15.9 Å². The first-order chi connectivity index (χ1) is 17.6. The van der Waals surface area contributed by atoms with Crippen LogP contribution in [0.5, 0.6) is 11.7 Å². The molecule has 5 aromatic rings. The molecule has 37 heavy (non-hydrogen) atoms. The van der Waals surface area contributed by atoms with Crippen LogP contribution in [0.25, 0.3) is 27.2 Å². The number of nitrogens with two attached hydrogens (primary N) is 2. The number of fused-ring (bicyclic) bond motifs is 1. The van der Waals surface area contributed by atoms with Crippen LogP contribution in [0, 0.1) is 11.3 Å². The zero-order valence-corrected chi connectivity index (χ0v) is 18.9. The molecule has 0 unspecified atom stereocenters. The van der Waals surface area contributed by atoms with Crippen LogP contribution in [0.2, 0.25) is 0 Å². The summed E-state index contributed by atoms with van der Waals surface area (Å²) in [6, 6.07) is 9.35. The first-order valence-corrected chi connectivity index (χ1v) is 10.9. The van der Waals surface area contributed by atoms with Crippen LogP contribution >= 0.6 is 11.3 Å². The number of anilines is 2. The van der Waals surface area contributed by atoms with Crippen LogP contribution in [0.4, 0.5) is 24.7 Å². The van der Waals surface area contributed by atoms with Crippen molar-refractivity contribution in [3.05, 3.63) is 58.8 Å². The fourth-order valence-electron chi connectivity index (χ4n) is 3.63. The highest BCUT2D eigenvalue weighted by molar-refractivity contribution is 7.21. The van der Waals surface area contributed by atoms with Gasteiger partial charge in [0.2, 0.25) is 5.69 Å². The van der Waals surface area contributed by atoms with Gasteiger partial charge >= 0.3 is 12.1 Å². The minimum atomic E-state index is -4.90. The Kier molecular flexibility index (Phi) is 5.45. The quantitative estimate of drug-likeness (QED) is 0.254. The number of pyridine rings is 1. The Morgan fingerprint density at radius 1 is 1.22 bits per heavy atom. The van der Waals surface area contributed by atoms with Gasteiger partial charge in [-0.3, -0.25) is 4.79 Å². The van der Waals surface area contributed by atoms with Crippen LogP contribution in [0.15, 0.2) is 51.6 Å². The predicted octanol–water partition coefficient (Wildman–Crippen LogP) is 3.06. The van der Waals surface area contributed by atoms with Crippen molar-refractivity contribution in [3.8, 4) is 34.8 Å². The standard InChI is InChI=1S/C22H11F3N6O5S/c23-22(24,25)35-10-5-3-9(4-6-10)31-16(21(33)36-30-31)17(32)18-15(27)14-13(12-2-1-7-34-12)11(8-26)19(28)29-20(14)37-18/h1-7H,(H4-,27,28,29,30,32,33). The highest BCUT2D eigenvalue weighted by Crippen LogP contribution is 2.43. The van der Waals surface area contributed by atoms with Crippen molar-refractivity contribution in [3.63, 3.8) is 0 Å². The molecular formula is C22H11F3N6O5S. The Morgan fingerprint density at radius 3 is 2.57 bits per heavy atom. The van der Waals surface area contributed by atoms with E-state index in [1.807, 2.05) is 6.07 Å². The van der Waals surface area contributed by atoms with Crippen molar-refractivity contribution in [2.24, 2.45) is 0 Å². The van der Waals surface area contributed by atoms with Gasteiger partial charge in [-0.15, -0.1) is 24.5 Å². The molecule has 0 saturated heterocycles. The summed E-state index contributed by atoms with van der Waals surface area (Å²) in [5.41, 5.74) is 11.8. The number of hydrogen-bond donors (Lipinski definition) is 2. The lowest BCUT2D eigenvalue weighted by atomic mass is 10.0. The second kappa shape index (κ2) is 8.53. The minimum absolute atomic E-state index is 0.0170. The Morgan fingerprint density at radius 2 is 1.95 bits per heavy atom. The number of carbonyl (C=O) groups excluding carboxylic acids is 1. The van der Waals surface area contributed by atoms with Gasteiger partial charge in [0.25, 0.3) is 5.78 Å². The van der Waals surface area contributed by atoms with E-state index in [0.717, 1.165) is 40.3 Å². The summed E-state index contributed by atoms with van der Waals surface area (Å²) in [6.07, 6.45) is -3.52. The van der Waals surface area contributed by atoms with E-state index in [-0.39, 0.29) is 49.2 Å². The van der Waals surface area contributed by atoms with Gasteiger partial charge in [-0.25, -0.2) is 4.98 Å². The third kappa shape index (κ3) is 4.04. The van der Waals surface area contributed by atoms with E-state index in [0.29, 0.717) is 0 Å². The van der Waals surface area contributed by atoms with E-state index >= 15 is 0 Å². The summed E-state index contributed by atoms with van der Waals surface area (Å²) >= 11 is 0.813. The number of nitriles is 1. The lowest BCUT2D eigenvalue weighted by Gasteiger charge is -2.07. The molecule has 0 atom stereocenters. The molecule has 0 aliphatic rings. The molecule has 4 heterocycles. The van der Waals surface area contributed by atoms with Crippen LogP contribution in [0.3, 0.4) is 0 Å². The normalized spacial score (nSPS) is 11.5. The maximum absolute atomic E-state index is 13.5. The topological polar surface area (TPSA) is 181 Å². The molecule has 0 bridgehead atoms. The van der Waals surface area contributed by atoms with Gasteiger partial charge < -0.3 is 30.3 Å². The third-order valence-corrected chi connectivity index (χ3v) is 6.23. The summed E-state index contributed by atoms with van der Waals surface area (Å²) < 4.78 is 52.1. The zero-order valence-electron chi connectivity index (χ0n) is 18.1. The van der Waals surface area contributed by atoms with E-state index < -0.39 is 29.5 Å². The smallest absolute Gasteiger partial charge is 0.539 e. The summed E-state index contributed by atoms with van der Waals surface area (Å²) in [6.45, 7) is 0. The van der Waals surface area contributed by atoms with E-state index in [2.05, 4.69) is 19.5 Å². The fraction of sp³-hybridized carbons (Fsp3) is 0.0455. The number of ketones is 1. The van der Waals surface area contributed by atoms with Gasteiger partial charge in [-0.05, 0) is 28.9 Å². The number of hydrogen-bond acceptors (Lipinski definition) is 11. The average molecular weight is 528 g/mol. The minimum Gasteiger partial charge on any atom is -0.539 e. The lowest BCUT2D eigenvalue weighted by Crippen LogP contribution is -2.39. The van der Waals surface area contributed by atoms with Crippen LogP contribution in [-0.4, -0.2) is 22.4 Å². The van der Waals surface area contributed by atoms with Crippen molar-refractivity contribution in [2.75, 3.05) is 11.5 Å². The summed E-state index contributed by atoms with van der Waals surface area (Å²) in [5.74, 6) is -2.40. The zero-order chi connectivity index (χ0) is 26.5. The molecule has 5 rings (SSSR count). The second-order valence-electron chi connectivity index (χ2n) is 7.35. The molecule has 186 valence electrons. The molecule has 0 saturated carbocycles. The highest BCUT2D eigenvalue weighted by Gasteiger charge is 2.34. The molecule has 0 radical (unpaired) electrons. The molecule has 0 aliphatic carbocycles. The van der Waals surface area contributed by atoms with E-state index in [1.54, 1.807) is 12.1 Å². The molecule has 0 fully saturated rings. The van der Waals surface area contributed by atoms with Crippen molar-refractivity contribution in [1.82, 2.24) is 10.3 Å². The SMILES string of the molecule is N#Cc1c(N)nc2sc(C(=O)c3c([O-])on[n+]3-c3ccc(OC(F)(F)F)cc3)c(N)c2c1-c1ccco1. The number of nitrogens with zero attached hydrogens (tertiary/aromatic N) is 4. The van der Waals surface area contributed by atoms with Gasteiger partial charge in [0.1, 0.15) is 38.7 Å². The van der Waals surface area contributed by atoms with Crippen molar-refractivity contribution < 1.29 is 41.4 Å². The second-order valence-corrected chi connectivity index (χ2v) is 8.35. The molecule has 15 heteroatoms. The van der Waals surface area contributed by atoms with Crippen molar-refractivity contribution >= 4 is 38.8 Å². The number of furan rings is 1. The molecule has 0 amide bonds. The van der Waals surface area contributed by atoms with Gasteiger partial charge in [0.05, 0.1) is 22.8 Å². The molecule has 1 aromatic carbocycles. The van der Waals surface area contributed by atoms with Crippen LogP contribution in [-0.2, 0) is 0 Å². The summed E-state index contributed by atoms with van der Waals surface area (Å²) in [7, 11) is 0. The number of alkyl halides is 3. The van der Waals surface area contributed by atoms with E-state index in [9.17, 15) is 28.3 Å². The van der Waals surface area contributed by atoms with Gasteiger partial charge in [0.15, 0.2) is 5.95 Å². The molecule has 0 spiro atoms. The first kappa shape index (κ1) is 23.6. The number of halogens is 3. The van der Waals surface area contributed by atoms with E-state index in [1.165, 1.54) is 6.26 Å². The molecule has 4 aromatic heterocycles. The Hall–Kier alpha value is -5.10. The van der Waals surface area contributed by atoms with Crippen LogP contribution < -0.4 is 26.0 Å². The van der Waals surface area contributed by atoms with Crippen molar-refractivity contribution in [2.45, 2.75) is 6.36 Å². The number of rotatable bonds is 5. The number of aromatic nitrogens is 3. The molecule has 4 N–H and O–H groups in total. The number of nitrogen functional groups attached to an aromatic ring is 2. The van der Waals surface area contributed by atoms with Crippen molar-refractivity contribution in [1.29, 1.82) is 5.26 Å². The number of carbonyl (C=O) groups is 1. The maximum atomic E-state index is 13.5. The largest absolute Gasteiger partial charge is 0.573 e. The van der Waals surface area contributed by atoms with Crippen LogP contribution in [0.1, 0.15) is 20.9 Å². The van der Waals surface area contributed by atoms with Gasteiger partial charge in [-0.1, -0.05) is 0 Å². The predicted molar refractivity (Wildman–Crippen MR) is 118 cm³/mol.